The van der Waals surface area contributed by atoms with Gasteiger partial charge in [-0.05, 0) is 18.9 Å². The molecule has 1 heterocycles. The standard InChI is InChI=1S/C10H18N2O3/c1-7-3-4-12(5-7)6-9(10(14)15)11-8(2)13/h7,9H,3-6H2,1-2H3,(H,11,13)(H,14,15). The van der Waals surface area contributed by atoms with E-state index in [0.717, 1.165) is 19.5 Å². The highest BCUT2D eigenvalue weighted by Crippen LogP contribution is 2.14. The Morgan fingerprint density at radius 3 is 2.67 bits per heavy atom. The minimum atomic E-state index is -0.968. The van der Waals surface area contributed by atoms with Gasteiger partial charge in [0, 0.05) is 20.0 Å². The molecular weight excluding hydrogens is 196 g/mol. The van der Waals surface area contributed by atoms with E-state index < -0.39 is 12.0 Å². The number of carbonyl (C=O) groups excluding carboxylic acids is 1. The number of aliphatic carboxylic acids is 1. The number of likely N-dealkylation sites (tertiary alicyclic amines) is 1. The fraction of sp³-hybridized carbons (Fsp3) is 0.800. The Morgan fingerprint density at radius 1 is 1.60 bits per heavy atom. The van der Waals surface area contributed by atoms with E-state index in [2.05, 4.69) is 17.1 Å². The van der Waals surface area contributed by atoms with Crippen molar-refractivity contribution in [3.63, 3.8) is 0 Å². The summed E-state index contributed by atoms with van der Waals surface area (Å²) in [6, 6.07) is -0.784. The summed E-state index contributed by atoms with van der Waals surface area (Å²) in [7, 11) is 0. The number of hydrogen-bond donors (Lipinski definition) is 2. The Kier molecular flexibility index (Phi) is 4.08. The molecule has 0 aromatic rings. The molecule has 1 aliphatic heterocycles. The second-order valence-electron chi connectivity index (χ2n) is 4.24. The molecule has 1 fully saturated rings. The molecule has 0 bridgehead atoms. The van der Waals surface area contributed by atoms with Crippen molar-refractivity contribution in [3.05, 3.63) is 0 Å². The molecule has 2 N–H and O–H groups in total. The molecule has 5 heteroatoms. The quantitative estimate of drug-likeness (QED) is 0.686. The predicted molar refractivity (Wildman–Crippen MR) is 55.5 cm³/mol. The molecule has 1 amide bonds. The number of carboxylic acids is 1. The van der Waals surface area contributed by atoms with Crippen molar-refractivity contribution in [2.45, 2.75) is 26.3 Å². The second-order valence-corrected chi connectivity index (χ2v) is 4.24. The lowest BCUT2D eigenvalue weighted by molar-refractivity contribution is -0.142. The maximum Gasteiger partial charge on any atom is 0.327 e. The molecule has 2 atom stereocenters. The van der Waals surface area contributed by atoms with Gasteiger partial charge in [0.1, 0.15) is 6.04 Å². The monoisotopic (exact) mass is 214 g/mol. The van der Waals surface area contributed by atoms with Gasteiger partial charge in [-0.3, -0.25) is 4.79 Å². The summed E-state index contributed by atoms with van der Waals surface area (Å²) in [5.41, 5.74) is 0. The van der Waals surface area contributed by atoms with Crippen molar-refractivity contribution < 1.29 is 14.7 Å². The van der Waals surface area contributed by atoms with Crippen LogP contribution in [-0.4, -0.2) is 47.6 Å². The van der Waals surface area contributed by atoms with Crippen molar-refractivity contribution in [2.75, 3.05) is 19.6 Å². The van der Waals surface area contributed by atoms with E-state index in [1.54, 1.807) is 0 Å². The summed E-state index contributed by atoms with van der Waals surface area (Å²) in [4.78, 5) is 23.7. The van der Waals surface area contributed by atoms with Crippen LogP contribution in [0.25, 0.3) is 0 Å². The number of amides is 1. The molecule has 86 valence electrons. The molecule has 0 saturated carbocycles. The Morgan fingerprint density at radius 2 is 2.27 bits per heavy atom. The third kappa shape index (κ3) is 3.87. The zero-order chi connectivity index (χ0) is 11.4. The third-order valence-corrected chi connectivity index (χ3v) is 2.62. The Balaban J connectivity index is 2.44. The normalized spacial score (nSPS) is 23.7. The molecule has 0 radical (unpaired) electrons. The van der Waals surface area contributed by atoms with Gasteiger partial charge in [0.25, 0.3) is 0 Å². The SMILES string of the molecule is CC(=O)NC(CN1CCC(C)C1)C(=O)O. The minimum Gasteiger partial charge on any atom is -0.480 e. The molecule has 1 saturated heterocycles. The fourth-order valence-electron chi connectivity index (χ4n) is 1.88. The predicted octanol–water partition coefficient (Wildman–Crippen LogP) is -0.0825. The molecule has 5 nitrogen and oxygen atoms in total. The Hall–Kier alpha value is -1.10. The molecule has 0 aliphatic carbocycles. The van der Waals surface area contributed by atoms with Gasteiger partial charge in [-0.25, -0.2) is 4.79 Å². The largest absolute Gasteiger partial charge is 0.480 e. The zero-order valence-corrected chi connectivity index (χ0v) is 9.19. The average molecular weight is 214 g/mol. The van der Waals surface area contributed by atoms with Crippen LogP contribution in [0.1, 0.15) is 20.3 Å². The zero-order valence-electron chi connectivity index (χ0n) is 9.19. The van der Waals surface area contributed by atoms with Gasteiger partial charge < -0.3 is 15.3 Å². The van der Waals surface area contributed by atoms with E-state index in [4.69, 9.17) is 5.11 Å². The number of carbonyl (C=O) groups is 2. The lowest BCUT2D eigenvalue weighted by Gasteiger charge is -2.20. The van der Waals surface area contributed by atoms with E-state index in [1.807, 2.05) is 0 Å². The summed E-state index contributed by atoms with van der Waals surface area (Å²) in [6.45, 7) is 5.73. The van der Waals surface area contributed by atoms with Gasteiger partial charge in [-0.1, -0.05) is 6.92 Å². The molecule has 0 aromatic carbocycles. The fourth-order valence-corrected chi connectivity index (χ4v) is 1.88. The van der Waals surface area contributed by atoms with Crippen molar-refractivity contribution in [3.8, 4) is 0 Å². The van der Waals surface area contributed by atoms with Crippen molar-refractivity contribution in [1.29, 1.82) is 0 Å². The summed E-state index contributed by atoms with van der Waals surface area (Å²) < 4.78 is 0. The second kappa shape index (κ2) is 5.11. The van der Waals surface area contributed by atoms with Crippen LogP contribution in [-0.2, 0) is 9.59 Å². The third-order valence-electron chi connectivity index (χ3n) is 2.62. The van der Waals surface area contributed by atoms with Crippen LogP contribution in [0, 0.1) is 5.92 Å². The van der Waals surface area contributed by atoms with E-state index in [1.165, 1.54) is 6.92 Å². The summed E-state index contributed by atoms with van der Waals surface area (Å²) >= 11 is 0. The van der Waals surface area contributed by atoms with Crippen LogP contribution in [0.15, 0.2) is 0 Å². The summed E-state index contributed by atoms with van der Waals surface area (Å²) in [5.74, 6) is -0.642. The topological polar surface area (TPSA) is 69.6 Å². The van der Waals surface area contributed by atoms with Crippen LogP contribution in [0.2, 0.25) is 0 Å². The van der Waals surface area contributed by atoms with Crippen LogP contribution in [0.5, 0.6) is 0 Å². The minimum absolute atomic E-state index is 0.297. The number of carboxylic acid groups (broad SMARTS) is 1. The molecule has 0 aromatic heterocycles. The average Bonchev–Trinajstić information content (AvgIpc) is 2.49. The first-order chi connectivity index (χ1) is 6.99. The van der Waals surface area contributed by atoms with E-state index in [9.17, 15) is 9.59 Å². The van der Waals surface area contributed by atoms with Crippen LogP contribution in [0.3, 0.4) is 0 Å². The van der Waals surface area contributed by atoms with Crippen LogP contribution in [0.4, 0.5) is 0 Å². The summed E-state index contributed by atoms with van der Waals surface area (Å²) in [5, 5.41) is 11.3. The van der Waals surface area contributed by atoms with Crippen LogP contribution >= 0.6 is 0 Å². The lowest BCUT2D eigenvalue weighted by Crippen LogP contribution is -2.47. The lowest BCUT2D eigenvalue weighted by atomic mass is 10.2. The van der Waals surface area contributed by atoms with Crippen molar-refractivity contribution in [1.82, 2.24) is 10.2 Å². The summed E-state index contributed by atoms with van der Waals surface area (Å²) in [6.07, 6.45) is 1.10. The van der Waals surface area contributed by atoms with Gasteiger partial charge >= 0.3 is 5.97 Å². The molecule has 1 aliphatic rings. The van der Waals surface area contributed by atoms with E-state index >= 15 is 0 Å². The van der Waals surface area contributed by atoms with Crippen molar-refractivity contribution in [2.24, 2.45) is 5.92 Å². The first-order valence-electron chi connectivity index (χ1n) is 5.21. The number of hydrogen-bond acceptors (Lipinski definition) is 3. The first-order valence-corrected chi connectivity index (χ1v) is 5.21. The first kappa shape index (κ1) is 12.0. The van der Waals surface area contributed by atoms with Gasteiger partial charge in [-0.15, -0.1) is 0 Å². The Labute approximate surface area is 89.4 Å². The maximum atomic E-state index is 10.9. The van der Waals surface area contributed by atoms with Gasteiger partial charge in [0.2, 0.25) is 5.91 Å². The highest BCUT2D eigenvalue weighted by Gasteiger charge is 2.25. The van der Waals surface area contributed by atoms with Crippen LogP contribution < -0.4 is 5.32 Å². The molecule has 1 rings (SSSR count). The highest BCUT2D eigenvalue weighted by atomic mass is 16.4. The van der Waals surface area contributed by atoms with E-state index in [0.29, 0.717) is 12.5 Å². The maximum absolute atomic E-state index is 10.9. The molecule has 2 unspecified atom stereocenters. The highest BCUT2D eigenvalue weighted by molar-refractivity contribution is 5.82. The number of nitrogens with one attached hydrogen (secondary N) is 1. The number of nitrogens with zero attached hydrogens (tertiary/aromatic N) is 1. The smallest absolute Gasteiger partial charge is 0.327 e. The number of rotatable bonds is 4. The molecule has 15 heavy (non-hydrogen) atoms. The van der Waals surface area contributed by atoms with Crippen molar-refractivity contribution >= 4 is 11.9 Å². The van der Waals surface area contributed by atoms with Gasteiger partial charge in [0.05, 0.1) is 0 Å². The van der Waals surface area contributed by atoms with Gasteiger partial charge in [0.15, 0.2) is 0 Å². The van der Waals surface area contributed by atoms with E-state index in [-0.39, 0.29) is 5.91 Å². The molecule has 0 spiro atoms. The Bertz CT molecular complexity index is 255. The van der Waals surface area contributed by atoms with Gasteiger partial charge in [-0.2, -0.15) is 0 Å². The molecular formula is C10H18N2O3.